The molecule has 0 atom stereocenters. The van der Waals surface area contributed by atoms with Crippen molar-refractivity contribution in [1.82, 2.24) is 14.3 Å². The number of halogens is 5. The molecule has 0 radical (unpaired) electrons. The lowest BCUT2D eigenvalue weighted by Crippen LogP contribution is -2.31. The van der Waals surface area contributed by atoms with Crippen molar-refractivity contribution in [3.05, 3.63) is 50.9 Å². The summed E-state index contributed by atoms with van der Waals surface area (Å²) < 4.78 is 51.9. The van der Waals surface area contributed by atoms with Gasteiger partial charge in [-0.3, -0.25) is 4.57 Å². The van der Waals surface area contributed by atoms with Crippen molar-refractivity contribution >= 4 is 11.6 Å². The Morgan fingerprint density at radius 3 is 2.57 bits per heavy atom. The van der Waals surface area contributed by atoms with Gasteiger partial charge in [0.25, 0.3) is 0 Å². The van der Waals surface area contributed by atoms with Crippen LogP contribution in [-0.4, -0.2) is 20.5 Å². The van der Waals surface area contributed by atoms with Gasteiger partial charge in [-0.15, -0.1) is 0 Å². The van der Waals surface area contributed by atoms with Gasteiger partial charge >= 0.3 is 11.9 Å². The van der Waals surface area contributed by atoms with Crippen molar-refractivity contribution < 1.29 is 17.6 Å². The highest BCUT2D eigenvalue weighted by Crippen LogP contribution is 2.20. The molecule has 0 bridgehead atoms. The molecule has 0 aliphatic heterocycles. The van der Waals surface area contributed by atoms with Crippen LogP contribution in [0.3, 0.4) is 0 Å². The summed E-state index contributed by atoms with van der Waals surface area (Å²) in [6, 6.07) is 3.98. The summed E-state index contributed by atoms with van der Waals surface area (Å²) in [6.07, 6.45) is -4.56. The predicted octanol–water partition coefficient (Wildman–Crippen LogP) is 2.76. The summed E-state index contributed by atoms with van der Waals surface area (Å²) >= 11 is 5.83. The van der Waals surface area contributed by atoms with Crippen LogP contribution in [0.1, 0.15) is 11.4 Å². The molecule has 21 heavy (non-hydrogen) atoms. The Morgan fingerprint density at radius 1 is 1.33 bits per heavy atom. The first-order valence-electron chi connectivity index (χ1n) is 5.83. The van der Waals surface area contributed by atoms with Crippen molar-refractivity contribution in [2.75, 3.05) is 0 Å². The fourth-order valence-corrected chi connectivity index (χ4v) is 2.07. The third-order valence-electron chi connectivity index (χ3n) is 2.81. The summed E-state index contributed by atoms with van der Waals surface area (Å²) in [7, 11) is 0. The molecule has 0 saturated heterocycles. The van der Waals surface area contributed by atoms with E-state index in [1.165, 1.54) is 19.1 Å². The number of aromatic nitrogens is 3. The van der Waals surface area contributed by atoms with E-state index in [2.05, 4.69) is 5.10 Å². The largest absolute Gasteiger partial charge is 0.408 e. The molecule has 0 spiro atoms. The Bertz CT molecular complexity index is 700. The molecule has 114 valence electrons. The maximum Gasteiger partial charge on any atom is 0.408 e. The van der Waals surface area contributed by atoms with Gasteiger partial charge in [-0.25, -0.2) is 13.9 Å². The van der Waals surface area contributed by atoms with E-state index in [-0.39, 0.29) is 23.0 Å². The summed E-state index contributed by atoms with van der Waals surface area (Å²) in [5, 5.41) is 3.62. The smallest absolute Gasteiger partial charge is 0.274 e. The first kappa shape index (κ1) is 15.6. The normalized spacial score (nSPS) is 11.9. The van der Waals surface area contributed by atoms with Gasteiger partial charge in [0.1, 0.15) is 18.2 Å². The van der Waals surface area contributed by atoms with Crippen LogP contribution in [0.4, 0.5) is 17.6 Å². The second-order valence-corrected chi connectivity index (χ2v) is 4.80. The fraction of sp³-hybridized carbons (Fsp3) is 0.333. The number of rotatable bonds is 3. The van der Waals surface area contributed by atoms with Gasteiger partial charge in [0.15, 0.2) is 0 Å². The molecule has 0 saturated carbocycles. The molecule has 0 unspecified atom stereocenters. The quantitative estimate of drug-likeness (QED) is 0.815. The van der Waals surface area contributed by atoms with Crippen LogP contribution in [-0.2, 0) is 13.1 Å². The van der Waals surface area contributed by atoms with Crippen molar-refractivity contribution in [1.29, 1.82) is 0 Å². The van der Waals surface area contributed by atoms with E-state index >= 15 is 0 Å². The highest BCUT2D eigenvalue weighted by atomic mass is 35.5. The van der Waals surface area contributed by atoms with Gasteiger partial charge in [-0.2, -0.15) is 18.3 Å². The van der Waals surface area contributed by atoms with Crippen LogP contribution in [0.15, 0.2) is 23.0 Å². The molecular weight excluding hydrogens is 314 g/mol. The first-order chi connectivity index (χ1) is 9.69. The van der Waals surface area contributed by atoms with Crippen LogP contribution >= 0.6 is 11.6 Å². The third kappa shape index (κ3) is 3.44. The molecular formula is C12H10ClF4N3O. The Hall–Kier alpha value is -1.83. The predicted molar refractivity (Wildman–Crippen MR) is 67.8 cm³/mol. The lowest BCUT2D eigenvalue weighted by molar-refractivity contribution is -0.143. The molecule has 0 fully saturated rings. The minimum absolute atomic E-state index is 0.0240. The van der Waals surface area contributed by atoms with E-state index < -0.39 is 24.2 Å². The van der Waals surface area contributed by atoms with Crippen LogP contribution in [0.25, 0.3) is 0 Å². The molecule has 4 nitrogen and oxygen atoms in total. The lowest BCUT2D eigenvalue weighted by atomic mass is 10.2. The molecule has 9 heteroatoms. The van der Waals surface area contributed by atoms with E-state index in [9.17, 15) is 22.4 Å². The number of aryl methyl sites for hydroxylation is 1. The van der Waals surface area contributed by atoms with E-state index in [4.69, 9.17) is 11.6 Å². The number of benzene rings is 1. The van der Waals surface area contributed by atoms with Gasteiger partial charge in [0, 0.05) is 10.6 Å². The first-order valence-corrected chi connectivity index (χ1v) is 6.21. The fourth-order valence-electron chi connectivity index (χ4n) is 1.85. The number of alkyl halides is 3. The number of hydrogen-bond acceptors (Lipinski definition) is 2. The zero-order valence-corrected chi connectivity index (χ0v) is 11.5. The summed E-state index contributed by atoms with van der Waals surface area (Å²) in [5.41, 5.74) is -0.944. The van der Waals surface area contributed by atoms with Gasteiger partial charge in [-0.1, -0.05) is 17.7 Å². The molecule has 0 aliphatic carbocycles. The molecule has 0 amide bonds. The standard InChI is InChI=1S/C12H10ClF4N3O/c1-7-18-20(6-12(15,16)17)11(21)19(7)5-8-9(13)3-2-4-10(8)14/h2-4H,5-6H2,1H3. The van der Waals surface area contributed by atoms with Crippen LogP contribution in [0, 0.1) is 12.7 Å². The zero-order chi connectivity index (χ0) is 15.8. The molecule has 1 aromatic carbocycles. The van der Waals surface area contributed by atoms with E-state index in [0.29, 0.717) is 4.68 Å². The minimum Gasteiger partial charge on any atom is -0.274 e. The highest BCUT2D eigenvalue weighted by molar-refractivity contribution is 6.31. The summed E-state index contributed by atoms with van der Waals surface area (Å²) in [4.78, 5) is 11.9. The maximum atomic E-state index is 13.7. The number of nitrogens with zero attached hydrogens (tertiary/aromatic N) is 3. The topological polar surface area (TPSA) is 39.8 Å². The molecule has 0 aliphatic rings. The Labute approximate surface area is 121 Å². The average Bonchev–Trinajstić information content (AvgIpc) is 2.58. The van der Waals surface area contributed by atoms with Gasteiger partial charge < -0.3 is 0 Å². The van der Waals surface area contributed by atoms with Crippen molar-refractivity contribution in [2.24, 2.45) is 0 Å². The second-order valence-electron chi connectivity index (χ2n) is 4.39. The average molecular weight is 324 g/mol. The molecule has 1 heterocycles. The van der Waals surface area contributed by atoms with Crippen LogP contribution in [0.5, 0.6) is 0 Å². The Kier molecular flexibility index (Phi) is 4.08. The lowest BCUT2D eigenvalue weighted by Gasteiger charge is -2.07. The molecule has 2 aromatic rings. The van der Waals surface area contributed by atoms with Gasteiger partial charge in [0.05, 0.1) is 6.54 Å². The summed E-state index contributed by atoms with van der Waals surface area (Å²) in [5.74, 6) is -0.596. The Balaban J connectivity index is 2.40. The monoisotopic (exact) mass is 323 g/mol. The molecule has 0 N–H and O–H groups in total. The summed E-state index contributed by atoms with van der Waals surface area (Å²) in [6.45, 7) is -0.415. The van der Waals surface area contributed by atoms with E-state index in [0.717, 1.165) is 10.6 Å². The Morgan fingerprint density at radius 2 is 2.00 bits per heavy atom. The van der Waals surface area contributed by atoms with Gasteiger partial charge in [0.2, 0.25) is 0 Å². The minimum atomic E-state index is -4.56. The second kappa shape index (κ2) is 5.51. The van der Waals surface area contributed by atoms with Crippen LogP contribution < -0.4 is 5.69 Å². The zero-order valence-electron chi connectivity index (χ0n) is 10.8. The van der Waals surface area contributed by atoms with Crippen LogP contribution in [0.2, 0.25) is 5.02 Å². The van der Waals surface area contributed by atoms with E-state index in [1.807, 2.05) is 0 Å². The van der Waals surface area contributed by atoms with E-state index in [1.54, 1.807) is 0 Å². The maximum absolute atomic E-state index is 13.7. The molecule has 2 rings (SSSR count). The third-order valence-corrected chi connectivity index (χ3v) is 3.17. The van der Waals surface area contributed by atoms with Crippen molar-refractivity contribution in [3.8, 4) is 0 Å². The van der Waals surface area contributed by atoms with Gasteiger partial charge in [-0.05, 0) is 19.1 Å². The molecule has 1 aromatic heterocycles. The van der Waals surface area contributed by atoms with Crippen molar-refractivity contribution in [3.63, 3.8) is 0 Å². The van der Waals surface area contributed by atoms with Crippen molar-refractivity contribution in [2.45, 2.75) is 26.2 Å². The highest BCUT2D eigenvalue weighted by Gasteiger charge is 2.30. The SMILES string of the molecule is Cc1nn(CC(F)(F)F)c(=O)n1Cc1c(F)cccc1Cl. The number of hydrogen-bond donors (Lipinski definition) is 0.